The molecule has 0 aliphatic carbocycles. The third-order valence-electron chi connectivity index (χ3n) is 1.74. The van der Waals surface area contributed by atoms with Crippen LogP contribution in [0.3, 0.4) is 0 Å². The molecule has 0 atom stereocenters. The third kappa shape index (κ3) is 2.46. The van der Waals surface area contributed by atoms with E-state index in [1.54, 1.807) is 12.1 Å². The van der Waals surface area contributed by atoms with Crippen molar-refractivity contribution in [2.24, 2.45) is 5.11 Å². The summed E-state index contributed by atoms with van der Waals surface area (Å²) in [5.74, 6) is 1.22. The first-order chi connectivity index (χ1) is 7.88. The van der Waals surface area contributed by atoms with Crippen LogP contribution in [0.15, 0.2) is 47.8 Å². The average molecular weight is 213 g/mol. The molecule has 78 valence electrons. The zero-order valence-electron chi connectivity index (χ0n) is 8.19. The van der Waals surface area contributed by atoms with Crippen LogP contribution >= 0.6 is 0 Å². The standard InChI is InChI=1S/C10H7N5O/c11-15-14-9-6-10(13-7-12-9)16-8-4-2-1-3-5-8/h1-7H. The van der Waals surface area contributed by atoms with Crippen LogP contribution in [0.2, 0.25) is 0 Å². The summed E-state index contributed by atoms with van der Waals surface area (Å²) in [5, 5.41) is 3.36. The average Bonchev–Trinajstić information content (AvgIpc) is 2.31. The van der Waals surface area contributed by atoms with Crippen LogP contribution in [-0.4, -0.2) is 9.97 Å². The van der Waals surface area contributed by atoms with Crippen molar-refractivity contribution in [1.29, 1.82) is 0 Å². The molecule has 1 aromatic heterocycles. The number of hydrogen-bond donors (Lipinski definition) is 0. The van der Waals surface area contributed by atoms with Gasteiger partial charge >= 0.3 is 0 Å². The molecule has 16 heavy (non-hydrogen) atoms. The Bertz CT molecular complexity index is 522. The summed E-state index contributed by atoms with van der Waals surface area (Å²) in [5.41, 5.74) is 8.26. The van der Waals surface area contributed by atoms with E-state index in [4.69, 9.17) is 10.3 Å². The Balaban J connectivity index is 2.22. The lowest BCUT2D eigenvalue weighted by molar-refractivity contribution is 0.462. The number of hydrogen-bond acceptors (Lipinski definition) is 4. The van der Waals surface area contributed by atoms with Crippen LogP contribution in [0, 0.1) is 0 Å². The predicted octanol–water partition coefficient (Wildman–Crippen LogP) is 3.21. The lowest BCUT2D eigenvalue weighted by atomic mass is 10.3. The van der Waals surface area contributed by atoms with Crippen molar-refractivity contribution in [3.8, 4) is 11.6 Å². The molecule has 6 nitrogen and oxygen atoms in total. The minimum absolute atomic E-state index is 0.225. The van der Waals surface area contributed by atoms with E-state index in [-0.39, 0.29) is 5.82 Å². The molecular formula is C10H7N5O. The van der Waals surface area contributed by atoms with Crippen molar-refractivity contribution >= 4 is 5.82 Å². The van der Waals surface area contributed by atoms with E-state index in [0.29, 0.717) is 11.6 Å². The van der Waals surface area contributed by atoms with E-state index in [0.717, 1.165) is 0 Å². The van der Waals surface area contributed by atoms with Gasteiger partial charge in [0.15, 0.2) is 0 Å². The quantitative estimate of drug-likeness (QED) is 0.445. The molecule has 0 saturated heterocycles. The highest BCUT2D eigenvalue weighted by molar-refractivity contribution is 5.33. The minimum atomic E-state index is 0.225. The lowest BCUT2D eigenvalue weighted by Gasteiger charge is -2.03. The Morgan fingerprint density at radius 3 is 2.75 bits per heavy atom. The zero-order valence-corrected chi connectivity index (χ0v) is 8.19. The van der Waals surface area contributed by atoms with Crippen LogP contribution in [0.25, 0.3) is 10.4 Å². The van der Waals surface area contributed by atoms with Crippen LogP contribution in [0.5, 0.6) is 11.6 Å². The van der Waals surface area contributed by atoms with Crippen molar-refractivity contribution in [3.63, 3.8) is 0 Å². The Morgan fingerprint density at radius 1 is 1.19 bits per heavy atom. The maximum absolute atomic E-state index is 8.26. The van der Waals surface area contributed by atoms with Gasteiger partial charge in [0.25, 0.3) is 0 Å². The minimum Gasteiger partial charge on any atom is -0.439 e. The van der Waals surface area contributed by atoms with Gasteiger partial charge in [-0.3, -0.25) is 0 Å². The fraction of sp³-hybridized carbons (Fsp3) is 0. The SMILES string of the molecule is [N-]=[N+]=Nc1cc(Oc2ccccc2)ncn1. The molecule has 0 aliphatic heterocycles. The van der Waals surface area contributed by atoms with Gasteiger partial charge in [-0.05, 0) is 22.8 Å². The molecule has 0 unspecified atom stereocenters. The summed E-state index contributed by atoms with van der Waals surface area (Å²) in [6.07, 6.45) is 1.28. The third-order valence-corrected chi connectivity index (χ3v) is 1.74. The van der Waals surface area contributed by atoms with E-state index in [2.05, 4.69) is 20.0 Å². The van der Waals surface area contributed by atoms with E-state index in [1.165, 1.54) is 12.4 Å². The Kier molecular flexibility index (Phi) is 2.96. The van der Waals surface area contributed by atoms with E-state index >= 15 is 0 Å². The zero-order chi connectivity index (χ0) is 11.2. The molecule has 6 heteroatoms. The monoisotopic (exact) mass is 213 g/mol. The van der Waals surface area contributed by atoms with Gasteiger partial charge in [0.1, 0.15) is 17.9 Å². The van der Waals surface area contributed by atoms with Crippen molar-refractivity contribution in [1.82, 2.24) is 9.97 Å². The summed E-state index contributed by atoms with van der Waals surface area (Å²) < 4.78 is 5.43. The number of rotatable bonds is 3. The normalized spacial score (nSPS) is 9.25. The van der Waals surface area contributed by atoms with E-state index in [9.17, 15) is 0 Å². The van der Waals surface area contributed by atoms with Crippen LogP contribution in [0.1, 0.15) is 0 Å². The number of azide groups is 1. The Hall–Kier alpha value is -2.59. The first kappa shape index (κ1) is 9.95. The van der Waals surface area contributed by atoms with Gasteiger partial charge in [0, 0.05) is 11.0 Å². The summed E-state index contributed by atoms with van der Waals surface area (Å²) in [6, 6.07) is 10.7. The van der Waals surface area contributed by atoms with Gasteiger partial charge in [-0.2, -0.15) is 0 Å². The van der Waals surface area contributed by atoms with Gasteiger partial charge in [-0.1, -0.05) is 18.2 Å². The van der Waals surface area contributed by atoms with Crippen molar-refractivity contribution in [2.45, 2.75) is 0 Å². The van der Waals surface area contributed by atoms with E-state index < -0.39 is 0 Å². The second-order valence-corrected chi connectivity index (χ2v) is 2.82. The van der Waals surface area contributed by atoms with Gasteiger partial charge in [0.05, 0.1) is 0 Å². The summed E-state index contributed by atoms with van der Waals surface area (Å²) >= 11 is 0. The molecular weight excluding hydrogens is 206 g/mol. The molecule has 0 N–H and O–H groups in total. The Morgan fingerprint density at radius 2 is 2.00 bits per heavy atom. The summed E-state index contributed by atoms with van der Waals surface area (Å²) in [4.78, 5) is 10.3. The first-order valence-electron chi connectivity index (χ1n) is 4.48. The van der Waals surface area contributed by atoms with E-state index in [1.807, 2.05) is 18.2 Å². The number of nitrogens with zero attached hydrogens (tertiary/aromatic N) is 5. The second-order valence-electron chi connectivity index (χ2n) is 2.82. The molecule has 0 saturated carbocycles. The van der Waals surface area contributed by atoms with Crippen LogP contribution in [-0.2, 0) is 0 Å². The first-order valence-corrected chi connectivity index (χ1v) is 4.48. The van der Waals surface area contributed by atoms with Crippen molar-refractivity contribution < 1.29 is 4.74 Å². The molecule has 2 rings (SSSR count). The number of para-hydroxylation sites is 1. The predicted molar refractivity (Wildman–Crippen MR) is 57.4 cm³/mol. The van der Waals surface area contributed by atoms with Gasteiger partial charge in [-0.25, -0.2) is 9.97 Å². The van der Waals surface area contributed by atoms with Crippen LogP contribution < -0.4 is 4.74 Å². The van der Waals surface area contributed by atoms with Gasteiger partial charge in [0.2, 0.25) is 5.88 Å². The summed E-state index contributed by atoms with van der Waals surface area (Å²) in [7, 11) is 0. The smallest absolute Gasteiger partial charge is 0.222 e. The van der Waals surface area contributed by atoms with Crippen LogP contribution in [0.4, 0.5) is 5.82 Å². The topological polar surface area (TPSA) is 83.8 Å². The molecule has 0 spiro atoms. The van der Waals surface area contributed by atoms with Crippen molar-refractivity contribution in [2.75, 3.05) is 0 Å². The second kappa shape index (κ2) is 4.77. The molecule has 1 heterocycles. The van der Waals surface area contributed by atoms with Crippen molar-refractivity contribution in [3.05, 3.63) is 53.2 Å². The number of benzene rings is 1. The molecule has 1 aromatic carbocycles. The molecule has 0 radical (unpaired) electrons. The fourth-order valence-electron chi connectivity index (χ4n) is 1.10. The maximum Gasteiger partial charge on any atom is 0.222 e. The highest BCUT2D eigenvalue weighted by Gasteiger charge is 1.99. The molecule has 0 amide bonds. The molecule has 0 fully saturated rings. The molecule has 0 aliphatic rings. The molecule has 0 bridgehead atoms. The Labute approximate surface area is 91.2 Å². The lowest BCUT2D eigenvalue weighted by Crippen LogP contribution is -1.87. The largest absolute Gasteiger partial charge is 0.439 e. The highest BCUT2D eigenvalue weighted by atomic mass is 16.5. The van der Waals surface area contributed by atoms with Gasteiger partial charge < -0.3 is 4.74 Å². The summed E-state index contributed by atoms with van der Waals surface area (Å²) in [6.45, 7) is 0. The van der Waals surface area contributed by atoms with Gasteiger partial charge in [-0.15, -0.1) is 0 Å². The molecule has 2 aromatic rings. The number of aromatic nitrogens is 2. The number of ether oxygens (including phenoxy) is 1. The fourth-order valence-corrected chi connectivity index (χ4v) is 1.10. The maximum atomic E-state index is 8.26. The highest BCUT2D eigenvalue weighted by Crippen LogP contribution is 2.20.